The van der Waals surface area contributed by atoms with Crippen molar-refractivity contribution in [2.45, 2.75) is 70.6 Å². The highest BCUT2D eigenvalue weighted by molar-refractivity contribution is 4.82. The van der Waals surface area contributed by atoms with Gasteiger partial charge in [-0.25, -0.2) is 0 Å². The summed E-state index contributed by atoms with van der Waals surface area (Å²) >= 11 is 0. The molecule has 0 aliphatic heterocycles. The fourth-order valence-electron chi connectivity index (χ4n) is 2.36. The molecule has 0 spiro atoms. The predicted molar refractivity (Wildman–Crippen MR) is 60.4 cm³/mol. The maximum atomic E-state index is 10.0. The van der Waals surface area contributed by atoms with E-state index in [-0.39, 0.29) is 6.10 Å². The number of hydrogen-bond donors (Lipinski definition) is 1. The van der Waals surface area contributed by atoms with Gasteiger partial charge in [0.1, 0.15) is 0 Å². The zero-order chi connectivity index (χ0) is 10.6. The molecule has 0 aromatic heterocycles. The largest absolute Gasteiger partial charge is 0.391 e. The zero-order valence-corrected chi connectivity index (χ0v) is 9.87. The third-order valence-electron chi connectivity index (χ3n) is 3.75. The van der Waals surface area contributed by atoms with Crippen molar-refractivity contribution in [1.82, 2.24) is 4.90 Å². The molecule has 84 valence electrons. The number of aliphatic hydroxyl groups is 1. The van der Waals surface area contributed by atoms with Gasteiger partial charge in [-0.1, -0.05) is 26.2 Å². The molecule has 3 unspecified atom stereocenters. The normalized spacial score (nSPS) is 31.5. The van der Waals surface area contributed by atoms with Crippen LogP contribution in [-0.4, -0.2) is 35.2 Å². The van der Waals surface area contributed by atoms with Crippen LogP contribution in [0.15, 0.2) is 0 Å². The maximum Gasteiger partial charge on any atom is 0.0695 e. The van der Waals surface area contributed by atoms with Gasteiger partial charge in [-0.05, 0) is 33.2 Å². The van der Waals surface area contributed by atoms with Crippen LogP contribution in [0, 0.1) is 0 Å². The van der Waals surface area contributed by atoms with Gasteiger partial charge in [-0.3, -0.25) is 4.90 Å². The molecule has 0 aromatic rings. The van der Waals surface area contributed by atoms with Crippen molar-refractivity contribution in [2.24, 2.45) is 0 Å². The van der Waals surface area contributed by atoms with Gasteiger partial charge in [0.15, 0.2) is 0 Å². The van der Waals surface area contributed by atoms with Gasteiger partial charge >= 0.3 is 0 Å². The van der Waals surface area contributed by atoms with Crippen LogP contribution in [0.1, 0.15) is 52.4 Å². The molecule has 1 fully saturated rings. The predicted octanol–water partition coefficient (Wildman–Crippen LogP) is 2.41. The van der Waals surface area contributed by atoms with Crippen LogP contribution < -0.4 is 0 Å². The second-order valence-corrected chi connectivity index (χ2v) is 4.70. The monoisotopic (exact) mass is 199 g/mol. The van der Waals surface area contributed by atoms with Crippen molar-refractivity contribution in [3.05, 3.63) is 0 Å². The number of rotatable bonds is 3. The minimum Gasteiger partial charge on any atom is -0.391 e. The Kier molecular flexibility index (Phi) is 4.90. The molecule has 1 aliphatic carbocycles. The first-order chi connectivity index (χ1) is 6.66. The zero-order valence-electron chi connectivity index (χ0n) is 9.87. The van der Waals surface area contributed by atoms with Gasteiger partial charge in [0.2, 0.25) is 0 Å². The van der Waals surface area contributed by atoms with Crippen LogP contribution in [0.5, 0.6) is 0 Å². The Labute approximate surface area is 88.3 Å². The summed E-state index contributed by atoms with van der Waals surface area (Å²) in [5.41, 5.74) is 0. The molecular formula is C12H25NO. The van der Waals surface area contributed by atoms with E-state index in [1.807, 2.05) is 0 Å². The van der Waals surface area contributed by atoms with Crippen LogP contribution in [-0.2, 0) is 0 Å². The van der Waals surface area contributed by atoms with Gasteiger partial charge in [0.05, 0.1) is 6.10 Å². The average molecular weight is 199 g/mol. The minimum atomic E-state index is -0.100. The van der Waals surface area contributed by atoms with E-state index < -0.39 is 0 Å². The summed E-state index contributed by atoms with van der Waals surface area (Å²) in [6, 6.07) is 0.986. The van der Waals surface area contributed by atoms with Crippen LogP contribution in [0.4, 0.5) is 0 Å². The molecule has 1 aliphatic rings. The molecule has 3 atom stereocenters. The van der Waals surface area contributed by atoms with E-state index in [9.17, 15) is 5.11 Å². The van der Waals surface area contributed by atoms with Crippen LogP contribution in [0.2, 0.25) is 0 Å². The van der Waals surface area contributed by atoms with Gasteiger partial charge in [0, 0.05) is 12.1 Å². The quantitative estimate of drug-likeness (QED) is 0.706. The number of hydrogen-bond acceptors (Lipinski definition) is 2. The van der Waals surface area contributed by atoms with Gasteiger partial charge in [-0.15, -0.1) is 0 Å². The summed E-state index contributed by atoms with van der Waals surface area (Å²) in [6.45, 7) is 4.46. The Bertz CT molecular complexity index is 160. The standard InChI is InChI=1S/C12H25NO/c1-4-10(2)13(3)11-8-6-5-7-9-12(11)14/h10-12,14H,4-9H2,1-3H3. The summed E-state index contributed by atoms with van der Waals surface area (Å²) in [5, 5.41) is 10.0. The lowest BCUT2D eigenvalue weighted by molar-refractivity contribution is 0.0388. The fraction of sp³-hybridized carbons (Fsp3) is 1.00. The molecule has 14 heavy (non-hydrogen) atoms. The van der Waals surface area contributed by atoms with E-state index >= 15 is 0 Å². The third-order valence-corrected chi connectivity index (χ3v) is 3.75. The van der Waals surface area contributed by atoms with E-state index in [2.05, 4.69) is 25.8 Å². The second-order valence-electron chi connectivity index (χ2n) is 4.70. The van der Waals surface area contributed by atoms with Crippen LogP contribution in [0.25, 0.3) is 0 Å². The highest BCUT2D eigenvalue weighted by Gasteiger charge is 2.26. The molecule has 0 saturated heterocycles. The summed E-state index contributed by atoms with van der Waals surface area (Å²) in [4.78, 5) is 2.37. The van der Waals surface area contributed by atoms with Crippen molar-refractivity contribution in [1.29, 1.82) is 0 Å². The molecule has 1 rings (SSSR count). The molecule has 1 saturated carbocycles. The van der Waals surface area contributed by atoms with E-state index in [4.69, 9.17) is 0 Å². The van der Waals surface area contributed by atoms with Gasteiger partial charge in [-0.2, -0.15) is 0 Å². The summed E-state index contributed by atoms with van der Waals surface area (Å²) in [7, 11) is 2.16. The highest BCUT2D eigenvalue weighted by Crippen LogP contribution is 2.23. The Morgan fingerprint density at radius 1 is 1.29 bits per heavy atom. The van der Waals surface area contributed by atoms with Crippen molar-refractivity contribution >= 4 is 0 Å². The Morgan fingerprint density at radius 2 is 1.93 bits per heavy atom. The lowest BCUT2D eigenvalue weighted by Crippen LogP contribution is -2.45. The molecule has 0 heterocycles. The molecular weight excluding hydrogens is 174 g/mol. The Morgan fingerprint density at radius 3 is 2.57 bits per heavy atom. The number of aliphatic hydroxyl groups excluding tert-OH is 1. The smallest absolute Gasteiger partial charge is 0.0695 e. The lowest BCUT2D eigenvalue weighted by atomic mass is 10.0. The molecule has 0 aromatic carbocycles. The molecule has 2 nitrogen and oxygen atoms in total. The Hall–Kier alpha value is -0.0800. The number of nitrogens with zero attached hydrogens (tertiary/aromatic N) is 1. The number of likely N-dealkylation sites (N-methyl/N-ethyl adjacent to an activating group) is 1. The summed E-state index contributed by atoms with van der Waals surface area (Å²) < 4.78 is 0. The van der Waals surface area contributed by atoms with Gasteiger partial charge < -0.3 is 5.11 Å². The summed E-state index contributed by atoms with van der Waals surface area (Å²) in [6.07, 6.45) is 7.00. The summed E-state index contributed by atoms with van der Waals surface area (Å²) in [5.74, 6) is 0. The molecule has 0 bridgehead atoms. The van der Waals surface area contributed by atoms with Crippen molar-refractivity contribution in [2.75, 3.05) is 7.05 Å². The second kappa shape index (κ2) is 5.72. The van der Waals surface area contributed by atoms with E-state index in [1.165, 1.54) is 32.1 Å². The van der Waals surface area contributed by atoms with E-state index in [0.717, 1.165) is 6.42 Å². The first kappa shape index (κ1) is 12.0. The molecule has 0 radical (unpaired) electrons. The van der Waals surface area contributed by atoms with E-state index in [1.54, 1.807) is 0 Å². The fourth-order valence-corrected chi connectivity index (χ4v) is 2.36. The maximum absolute atomic E-state index is 10.0. The third kappa shape index (κ3) is 2.96. The van der Waals surface area contributed by atoms with Crippen molar-refractivity contribution < 1.29 is 5.11 Å². The van der Waals surface area contributed by atoms with Gasteiger partial charge in [0.25, 0.3) is 0 Å². The van der Waals surface area contributed by atoms with Crippen LogP contribution >= 0.6 is 0 Å². The SMILES string of the molecule is CCC(C)N(C)C1CCCCCC1O. The topological polar surface area (TPSA) is 23.5 Å². The minimum absolute atomic E-state index is 0.100. The first-order valence-electron chi connectivity index (χ1n) is 6.06. The molecule has 0 amide bonds. The average Bonchev–Trinajstić information content (AvgIpc) is 2.40. The first-order valence-corrected chi connectivity index (χ1v) is 6.06. The lowest BCUT2D eigenvalue weighted by Gasteiger charge is -2.34. The molecule has 2 heteroatoms. The van der Waals surface area contributed by atoms with Crippen LogP contribution in [0.3, 0.4) is 0 Å². The highest BCUT2D eigenvalue weighted by atomic mass is 16.3. The van der Waals surface area contributed by atoms with Crippen molar-refractivity contribution in [3.63, 3.8) is 0 Å². The van der Waals surface area contributed by atoms with E-state index in [0.29, 0.717) is 12.1 Å². The van der Waals surface area contributed by atoms with Crippen molar-refractivity contribution in [3.8, 4) is 0 Å². The Balaban J connectivity index is 2.53. The molecule has 1 N–H and O–H groups in total.